The molecule has 0 bridgehead atoms. The van der Waals surface area contributed by atoms with Crippen molar-refractivity contribution in [2.45, 2.75) is 18.4 Å². The van der Waals surface area contributed by atoms with Gasteiger partial charge in [-0.15, -0.1) is 0 Å². The Morgan fingerprint density at radius 2 is 1.67 bits per heavy atom. The topological polar surface area (TPSA) is 101 Å². The Hall–Kier alpha value is -4.26. The van der Waals surface area contributed by atoms with Gasteiger partial charge in [0.25, 0.3) is 0 Å². The Morgan fingerprint density at radius 1 is 0.970 bits per heavy atom. The molecule has 7 heteroatoms. The Kier molecular flexibility index (Phi) is 5.44. The van der Waals surface area contributed by atoms with E-state index in [0.29, 0.717) is 11.1 Å². The third-order valence-corrected chi connectivity index (χ3v) is 5.98. The minimum atomic E-state index is -1.15. The molecule has 0 saturated carbocycles. The van der Waals surface area contributed by atoms with Gasteiger partial charge in [0, 0.05) is 23.9 Å². The highest BCUT2D eigenvalue weighted by molar-refractivity contribution is 5.84. The number of amides is 1. The maximum atomic E-state index is 12.6. The summed E-state index contributed by atoms with van der Waals surface area (Å²) in [5.74, 6) is -1.24. The van der Waals surface area contributed by atoms with Crippen LogP contribution in [0, 0.1) is 0 Å². The highest BCUT2D eigenvalue weighted by Crippen LogP contribution is 2.44. The number of fused-ring (bicyclic) bond motifs is 4. The zero-order valence-corrected chi connectivity index (χ0v) is 17.6. The number of carboxylic acid groups (broad SMARTS) is 1. The van der Waals surface area contributed by atoms with Gasteiger partial charge in [-0.05, 0) is 27.8 Å². The molecule has 0 fully saturated rings. The van der Waals surface area contributed by atoms with Crippen molar-refractivity contribution in [2.24, 2.45) is 0 Å². The van der Waals surface area contributed by atoms with Crippen molar-refractivity contribution < 1.29 is 19.4 Å². The number of nitrogens with zero attached hydrogens (tertiary/aromatic N) is 2. The van der Waals surface area contributed by atoms with E-state index < -0.39 is 18.1 Å². The molecule has 4 aromatic rings. The van der Waals surface area contributed by atoms with Crippen molar-refractivity contribution in [1.29, 1.82) is 0 Å². The van der Waals surface area contributed by atoms with Gasteiger partial charge >= 0.3 is 12.1 Å². The lowest BCUT2D eigenvalue weighted by Gasteiger charge is -2.18. The summed E-state index contributed by atoms with van der Waals surface area (Å²) in [6, 6.07) is 20.4. The second-order valence-corrected chi connectivity index (χ2v) is 7.94. The first-order valence-electron chi connectivity index (χ1n) is 10.6. The average Bonchev–Trinajstić information content (AvgIpc) is 3.16. The van der Waals surface area contributed by atoms with Crippen molar-refractivity contribution in [1.82, 2.24) is 15.3 Å². The monoisotopic (exact) mass is 439 g/mol. The van der Waals surface area contributed by atoms with Crippen LogP contribution in [0.1, 0.15) is 22.6 Å². The predicted octanol–water partition coefficient (Wildman–Crippen LogP) is 4.16. The smallest absolute Gasteiger partial charge is 0.407 e. The molecule has 3 aromatic carbocycles. The summed E-state index contributed by atoms with van der Waals surface area (Å²) in [6.07, 6.45) is 2.40. The Bertz CT molecular complexity index is 1300. The number of carbonyl (C=O) groups excluding carboxylic acids is 1. The number of carboxylic acids is 1. The average molecular weight is 439 g/mol. The van der Waals surface area contributed by atoms with E-state index in [1.165, 1.54) is 6.33 Å². The van der Waals surface area contributed by atoms with Crippen LogP contribution in [-0.4, -0.2) is 39.8 Å². The fourth-order valence-corrected chi connectivity index (χ4v) is 4.44. The molecule has 2 N–H and O–H groups in total. The molecule has 7 nitrogen and oxygen atoms in total. The lowest BCUT2D eigenvalue weighted by atomic mass is 9.98. The zero-order valence-electron chi connectivity index (χ0n) is 17.6. The van der Waals surface area contributed by atoms with Gasteiger partial charge in [0.2, 0.25) is 0 Å². The molecular formula is C26H21N3O4. The molecule has 1 aromatic heterocycles. The van der Waals surface area contributed by atoms with Crippen LogP contribution < -0.4 is 5.32 Å². The van der Waals surface area contributed by atoms with E-state index in [0.717, 1.165) is 27.6 Å². The van der Waals surface area contributed by atoms with Gasteiger partial charge in [-0.25, -0.2) is 19.6 Å². The zero-order chi connectivity index (χ0) is 22.8. The molecular weight excluding hydrogens is 418 g/mol. The summed E-state index contributed by atoms with van der Waals surface area (Å²) < 4.78 is 5.51. The quantitative estimate of drug-likeness (QED) is 0.468. The molecule has 0 aliphatic heterocycles. The van der Waals surface area contributed by atoms with Crippen molar-refractivity contribution in [2.75, 3.05) is 6.61 Å². The fourth-order valence-electron chi connectivity index (χ4n) is 4.44. The van der Waals surface area contributed by atoms with E-state index in [1.807, 2.05) is 48.5 Å². The molecule has 0 saturated heterocycles. The second-order valence-electron chi connectivity index (χ2n) is 7.94. The second kappa shape index (κ2) is 8.70. The van der Waals surface area contributed by atoms with E-state index in [4.69, 9.17) is 4.74 Å². The maximum absolute atomic E-state index is 12.6. The third-order valence-electron chi connectivity index (χ3n) is 5.98. The summed E-state index contributed by atoms with van der Waals surface area (Å²) in [4.78, 5) is 32.7. The molecule has 1 heterocycles. The maximum Gasteiger partial charge on any atom is 0.407 e. The summed E-state index contributed by atoms with van der Waals surface area (Å²) >= 11 is 0. The van der Waals surface area contributed by atoms with E-state index >= 15 is 0 Å². The molecule has 33 heavy (non-hydrogen) atoms. The van der Waals surface area contributed by atoms with Crippen molar-refractivity contribution in [3.8, 4) is 11.1 Å². The normalized spacial score (nSPS) is 13.2. The van der Waals surface area contributed by atoms with Crippen molar-refractivity contribution in [3.63, 3.8) is 0 Å². The number of hydrogen-bond acceptors (Lipinski definition) is 5. The molecule has 1 aliphatic rings. The highest BCUT2D eigenvalue weighted by atomic mass is 16.5. The predicted molar refractivity (Wildman–Crippen MR) is 123 cm³/mol. The summed E-state index contributed by atoms with van der Waals surface area (Å²) in [7, 11) is 0. The van der Waals surface area contributed by atoms with Gasteiger partial charge in [-0.1, -0.05) is 66.7 Å². The van der Waals surface area contributed by atoms with E-state index in [-0.39, 0.29) is 18.9 Å². The largest absolute Gasteiger partial charge is 0.480 e. The molecule has 0 radical (unpaired) electrons. The van der Waals surface area contributed by atoms with Crippen LogP contribution in [0.15, 0.2) is 79.3 Å². The number of nitrogens with one attached hydrogen (secondary N) is 1. The fraction of sp³-hybridized carbons (Fsp3) is 0.154. The Balaban J connectivity index is 1.29. The number of aromatic nitrogens is 2. The molecule has 0 spiro atoms. The lowest BCUT2D eigenvalue weighted by molar-refractivity contribution is -0.139. The van der Waals surface area contributed by atoms with Crippen molar-refractivity contribution in [3.05, 3.63) is 95.9 Å². The van der Waals surface area contributed by atoms with Crippen LogP contribution in [0.5, 0.6) is 0 Å². The number of aliphatic carboxylic acids is 1. The number of para-hydroxylation sites is 1. The highest BCUT2D eigenvalue weighted by Gasteiger charge is 2.30. The SMILES string of the molecule is O=C(N[C@@H](Cc1cccc2cncnc12)C(=O)O)OCC1c2ccccc2-c2ccccc21. The van der Waals surface area contributed by atoms with Crippen LogP contribution in [0.25, 0.3) is 22.0 Å². The molecule has 164 valence electrons. The molecule has 1 aliphatic carbocycles. The van der Waals surface area contributed by atoms with Gasteiger partial charge < -0.3 is 15.2 Å². The number of benzene rings is 3. The van der Waals surface area contributed by atoms with Crippen LogP contribution >= 0.6 is 0 Å². The standard InChI is InChI=1S/C26H21N3O4/c30-25(31)23(12-16-6-5-7-17-13-27-15-28-24(16)17)29-26(32)33-14-22-20-10-3-1-8-18(20)19-9-2-4-11-21(19)22/h1-11,13,15,22-23H,12,14H2,(H,29,32)(H,30,31)/t23-/m0/s1. The third kappa shape index (κ3) is 4.01. The Morgan fingerprint density at radius 3 is 2.36 bits per heavy atom. The minimum absolute atomic E-state index is 0.0773. The summed E-state index contributed by atoms with van der Waals surface area (Å²) in [5, 5.41) is 13.0. The van der Waals surface area contributed by atoms with Crippen LogP contribution in [0.2, 0.25) is 0 Å². The van der Waals surface area contributed by atoms with Gasteiger partial charge in [0.15, 0.2) is 0 Å². The molecule has 1 amide bonds. The van der Waals surface area contributed by atoms with Crippen LogP contribution in [-0.2, 0) is 16.0 Å². The number of ether oxygens (including phenoxy) is 1. The number of hydrogen-bond donors (Lipinski definition) is 2. The first-order valence-corrected chi connectivity index (χ1v) is 10.6. The first kappa shape index (κ1) is 20.6. The number of alkyl carbamates (subject to hydrolysis) is 1. The first-order chi connectivity index (χ1) is 16.1. The van der Waals surface area contributed by atoms with E-state index in [2.05, 4.69) is 27.4 Å². The van der Waals surface area contributed by atoms with Gasteiger partial charge in [-0.2, -0.15) is 0 Å². The molecule has 5 rings (SSSR count). The van der Waals surface area contributed by atoms with Crippen molar-refractivity contribution >= 4 is 23.0 Å². The van der Waals surface area contributed by atoms with Gasteiger partial charge in [-0.3, -0.25) is 0 Å². The van der Waals surface area contributed by atoms with Crippen LogP contribution in [0.4, 0.5) is 4.79 Å². The minimum Gasteiger partial charge on any atom is -0.480 e. The summed E-state index contributed by atoms with van der Waals surface area (Å²) in [5.41, 5.74) is 5.81. The molecule has 1 atom stereocenters. The Labute approximate surface area is 190 Å². The number of rotatable bonds is 6. The van der Waals surface area contributed by atoms with Gasteiger partial charge in [0.05, 0.1) is 5.52 Å². The van der Waals surface area contributed by atoms with Crippen LogP contribution in [0.3, 0.4) is 0 Å². The van der Waals surface area contributed by atoms with E-state index in [1.54, 1.807) is 12.3 Å². The van der Waals surface area contributed by atoms with Gasteiger partial charge in [0.1, 0.15) is 19.0 Å². The lowest BCUT2D eigenvalue weighted by Crippen LogP contribution is -2.43. The number of carbonyl (C=O) groups is 2. The summed E-state index contributed by atoms with van der Waals surface area (Å²) in [6.45, 7) is 0.119. The molecule has 0 unspecified atom stereocenters. The van der Waals surface area contributed by atoms with E-state index in [9.17, 15) is 14.7 Å².